The normalized spacial score (nSPS) is 11.3. The highest BCUT2D eigenvalue weighted by molar-refractivity contribution is 6.42. The summed E-state index contributed by atoms with van der Waals surface area (Å²) in [5, 5.41) is 2.88. The van der Waals surface area contributed by atoms with Crippen LogP contribution in [0.25, 0.3) is 33.4 Å². The highest BCUT2D eigenvalue weighted by Crippen LogP contribution is 2.37. The van der Waals surface area contributed by atoms with Gasteiger partial charge in [-0.25, -0.2) is 4.98 Å². The summed E-state index contributed by atoms with van der Waals surface area (Å²) in [6, 6.07) is 21.8. The van der Waals surface area contributed by atoms with Crippen molar-refractivity contribution in [2.45, 2.75) is 6.54 Å². The zero-order valence-electron chi connectivity index (χ0n) is 15.7. The Bertz CT molecular complexity index is 1350. The van der Waals surface area contributed by atoms with Gasteiger partial charge in [0.2, 0.25) is 0 Å². The standard InChI is InChI=1S/C24H16Cl3N3/c25-17-7-8-18-19(12-28-22(18)11-17)24-23(16-4-2-1-3-5-16)29-14-30(24)13-15-6-9-20(26)21(27)10-15/h1-12,14,28H,13H2. The molecule has 0 saturated heterocycles. The Morgan fingerprint density at radius 3 is 2.50 bits per heavy atom. The van der Waals surface area contributed by atoms with Gasteiger partial charge in [-0.2, -0.15) is 0 Å². The molecule has 0 aliphatic heterocycles. The molecule has 5 rings (SSSR count). The summed E-state index contributed by atoms with van der Waals surface area (Å²) >= 11 is 18.5. The maximum absolute atomic E-state index is 6.24. The second-order valence-corrected chi connectivity index (χ2v) is 8.33. The molecule has 2 heterocycles. The maximum Gasteiger partial charge on any atom is 0.0964 e. The molecule has 30 heavy (non-hydrogen) atoms. The van der Waals surface area contributed by atoms with Crippen LogP contribution < -0.4 is 0 Å². The predicted octanol–water partition coefficient (Wildman–Crippen LogP) is 7.71. The first-order valence-electron chi connectivity index (χ1n) is 9.41. The fourth-order valence-electron chi connectivity index (χ4n) is 3.72. The van der Waals surface area contributed by atoms with Gasteiger partial charge in [-0.15, -0.1) is 0 Å². The highest BCUT2D eigenvalue weighted by atomic mass is 35.5. The Morgan fingerprint density at radius 2 is 1.70 bits per heavy atom. The van der Waals surface area contributed by atoms with E-state index < -0.39 is 0 Å². The first kappa shape index (κ1) is 19.3. The van der Waals surface area contributed by atoms with Gasteiger partial charge in [0.15, 0.2) is 0 Å². The number of aromatic amines is 1. The van der Waals surface area contributed by atoms with Crippen LogP contribution in [-0.4, -0.2) is 14.5 Å². The third-order valence-corrected chi connectivity index (χ3v) is 6.09. The maximum atomic E-state index is 6.24. The van der Waals surface area contributed by atoms with E-state index in [1.165, 1.54) is 0 Å². The second kappa shape index (κ2) is 7.84. The molecular formula is C24H16Cl3N3. The number of aromatic nitrogens is 3. The number of rotatable bonds is 4. The van der Waals surface area contributed by atoms with E-state index in [1.807, 2.05) is 67.1 Å². The van der Waals surface area contributed by atoms with Crippen molar-refractivity contribution >= 4 is 45.7 Å². The summed E-state index contributed by atoms with van der Waals surface area (Å²) in [6.45, 7) is 0.617. The smallest absolute Gasteiger partial charge is 0.0964 e. The molecule has 0 spiro atoms. The van der Waals surface area contributed by atoms with Crippen LogP contribution in [0.2, 0.25) is 15.1 Å². The number of halogens is 3. The molecule has 3 aromatic carbocycles. The SMILES string of the molecule is Clc1ccc2c(-c3c(-c4ccccc4)ncn3Cc3ccc(Cl)c(Cl)c3)c[nH]c2c1. The fraction of sp³-hybridized carbons (Fsp3) is 0.0417. The van der Waals surface area contributed by atoms with Gasteiger partial charge >= 0.3 is 0 Å². The number of benzene rings is 3. The molecule has 0 bridgehead atoms. The Kier molecular flexibility index (Phi) is 5.03. The van der Waals surface area contributed by atoms with E-state index in [0.717, 1.165) is 39.0 Å². The zero-order chi connectivity index (χ0) is 20.7. The summed E-state index contributed by atoms with van der Waals surface area (Å²) in [5.41, 5.74) is 6.11. The van der Waals surface area contributed by atoms with E-state index in [1.54, 1.807) is 0 Å². The van der Waals surface area contributed by atoms with Gasteiger partial charge in [-0.05, 0) is 29.8 Å². The van der Waals surface area contributed by atoms with E-state index >= 15 is 0 Å². The Balaban J connectivity index is 1.70. The highest BCUT2D eigenvalue weighted by Gasteiger charge is 2.18. The van der Waals surface area contributed by atoms with E-state index in [0.29, 0.717) is 21.6 Å². The van der Waals surface area contributed by atoms with Crippen LogP contribution >= 0.6 is 34.8 Å². The minimum Gasteiger partial charge on any atom is -0.360 e. The Morgan fingerprint density at radius 1 is 0.867 bits per heavy atom. The summed E-state index contributed by atoms with van der Waals surface area (Å²) in [4.78, 5) is 8.11. The molecule has 2 aromatic heterocycles. The van der Waals surface area contributed by atoms with E-state index in [4.69, 9.17) is 39.8 Å². The predicted molar refractivity (Wildman–Crippen MR) is 126 cm³/mol. The number of H-pyrrole nitrogens is 1. The van der Waals surface area contributed by atoms with Crippen LogP contribution in [0.3, 0.4) is 0 Å². The summed E-state index contributed by atoms with van der Waals surface area (Å²) in [5.74, 6) is 0. The first-order valence-corrected chi connectivity index (χ1v) is 10.5. The van der Waals surface area contributed by atoms with Crippen LogP contribution in [0.1, 0.15) is 5.56 Å². The van der Waals surface area contributed by atoms with Crippen molar-refractivity contribution in [3.63, 3.8) is 0 Å². The quantitative estimate of drug-likeness (QED) is 0.298. The molecule has 0 saturated carbocycles. The van der Waals surface area contributed by atoms with Gasteiger partial charge < -0.3 is 9.55 Å². The Hall–Kier alpha value is -2.72. The number of hydrogen-bond donors (Lipinski definition) is 1. The van der Waals surface area contributed by atoms with Crippen LogP contribution in [0.4, 0.5) is 0 Å². The monoisotopic (exact) mass is 451 g/mol. The van der Waals surface area contributed by atoms with Crippen molar-refractivity contribution in [1.82, 2.24) is 14.5 Å². The second-order valence-electron chi connectivity index (χ2n) is 7.08. The molecule has 5 aromatic rings. The summed E-state index contributed by atoms with van der Waals surface area (Å²) < 4.78 is 2.14. The van der Waals surface area contributed by atoms with Crippen molar-refractivity contribution < 1.29 is 0 Å². The molecule has 0 atom stereocenters. The number of imidazole rings is 1. The number of nitrogens with one attached hydrogen (secondary N) is 1. The van der Waals surface area contributed by atoms with Gasteiger partial charge in [0.25, 0.3) is 0 Å². The lowest BCUT2D eigenvalue weighted by atomic mass is 10.0. The molecule has 0 aliphatic rings. The third kappa shape index (κ3) is 3.50. The average Bonchev–Trinajstić information content (AvgIpc) is 3.34. The van der Waals surface area contributed by atoms with E-state index in [-0.39, 0.29) is 0 Å². The van der Waals surface area contributed by atoms with Crippen molar-refractivity contribution in [2.75, 3.05) is 0 Å². The average molecular weight is 453 g/mol. The molecule has 0 radical (unpaired) electrons. The van der Waals surface area contributed by atoms with Gasteiger partial charge in [-0.3, -0.25) is 0 Å². The van der Waals surface area contributed by atoms with Crippen molar-refractivity contribution in [3.05, 3.63) is 99.9 Å². The lowest BCUT2D eigenvalue weighted by Gasteiger charge is -2.11. The number of fused-ring (bicyclic) bond motifs is 1. The van der Waals surface area contributed by atoms with Gasteiger partial charge in [-0.1, -0.05) is 77.3 Å². The minimum absolute atomic E-state index is 0.542. The molecule has 6 heteroatoms. The van der Waals surface area contributed by atoms with Gasteiger partial charge in [0.1, 0.15) is 0 Å². The van der Waals surface area contributed by atoms with Gasteiger partial charge in [0, 0.05) is 39.8 Å². The van der Waals surface area contributed by atoms with Crippen molar-refractivity contribution in [3.8, 4) is 22.5 Å². The molecule has 0 amide bonds. The summed E-state index contributed by atoms with van der Waals surface area (Å²) in [7, 11) is 0. The van der Waals surface area contributed by atoms with Crippen molar-refractivity contribution in [2.24, 2.45) is 0 Å². The van der Waals surface area contributed by atoms with Crippen LogP contribution in [-0.2, 0) is 6.54 Å². The first-order chi connectivity index (χ1) is 14.6. The molecule has 0 aliphatic carbocycles. The van der Waals surface area contributed by atoms with Crippen LogP contribution in [0, 0.1) is 0 Å². The number of hydrogen-bond acceptors (Lipinski definition) is 1. The number of nitrogens with zero attached hydrogens (tertiary/aromatic N) is 2. The largest absolute Gasteiger partial charge is 0.360 e. The third-order valence-electron chi connectivity index (χ3n) is 5.12. The minimum atomic E-state index is 0.542. The van der Waals surface area contributed by atoms with Crippen LogP contribution in [0.15, 0.2) is 79.3 Å². The molecule has 148 valence electrons. The fourth-order valence-corrected chi connectivity index (χ4v) is 4.21. The van der Waals surface area contributed by atoms with E-state index in [2.05, 4.69) is 21.7 Å². The van der Waals surface area contributed by atoms with Crippen LogP contribution in [0.5, 0.6) is 0 Å². The molecule has 0 fully saturated rings. The Labute approximate surface area is 188 Å². The zero-order valence-corrected chi connectivity index (χ0v) is 18.0. The van der Waals surface area contributed by atoms with Gasteiger partial charge in [0.05, 0.1) is 27.8 Å². The lowest BCUT2D eigenvalue weighted by molar-refractivity contribution is 0.805. The molecule has 3 nitrogen and oxygen atoms in total. The summed E-state index contributed by atoms with van der Waals surface area (Å²) in [6.07, 6.45) is 3.88. The molecule has 0 unspecified atom stereocenters. The topological polar surface area (TPSA) is 33.6 Å². The molecule has 1 N–H and O–H groups in total. The van der Waals surface area contributed by atoms with E-state index in [9.17, 15) is 0 Å². The van der Waals surface area contributed by atoms with Crippen molar-refractivity contribution in [1.29, 1.82) is 0 Å². The molecular weight excluding hydrogens is 437 g/mol. The lowest BCUT2D eigenvalue weighted by Crippen LogP contribution is -2.01.